The van der Waals surface area contributed by atoms with Crippen molar-refractivity contribution in [3.8, 4) is 0 Å². The highest BCUT2D eigenvalue weighted by molar-refractivity contribution is 8.76. The first-order valence-electron chi connectivity index (χ1n) is 2.60. The highest BCUT2D eigenvalue weighted by Gasteiger charge is 2.73. The molecule has 80 valence electrons. The van der Waals surface area contributed by atoms with Crippen molar-refractivity contribution in [1.82, 2.24) is 0 Å². The zero-order chi connectivity index (χ0) is 10.9. The van der Waals surface area contributed by atoms with Gasteiger partial charge in [-0.3, -0.25) is 0 Å². The Bertz CT molecular complexity index is 174. The molecule has 0 aliphatic rings. The summed E-state index contributed by atoms with van der Waals surface area (Å²) >= 11 is 0. The van der Waals surface area contributed by atoms with Crippen LogP contribution in [0.4, 0.5) is 30.7 Å². The Labute approximate surface area is 76.6 Å². The Balaban J connectivity index is 4.81. The minimum absolute atomic E-state index is 0.138. The van der Waals surface area contributed by atoms with E-state index in [0.29, 0.717) is 0 Å². The highest BCUT2D eigenvalue weighted by atomic mass is 33.1. The second-order valence-electron chi connectivity index (χ2n) is 1.84. The van der Waals surface area contributed by atoms with Crippen molar-refractivity contribution >= 4 is 21.6 Å². The zero-order valence-electron chi connectivity index (χ0n) is 5.96. The number of alkyl halides is 7. The van der Waals surface area contributed by atoms with E-state index in [0.717, 1.165) is 6.26 Å². The molecule has 0 N–H and O–H groups in total. The average Bonchev–Trinajstić information content (AvgIpc) is 1.84. The molecule has 13 heavy (non-hydrogen) atoms. The van der Waals surface area contributed by atoms with Crippen LogP contribution in [0.5, 0.6) is 0 Å². The third kappa shape index (κ3) is 2.58. The van der Waals surface area contributed by atoms with Crippen molar-refractivity contribution in [3.05, 3.63) is 0 Å². The minimum atomic E-state index is -6.24. The summed E-state index contributed by atoms with van der Waals surface area (Å²) in [7, 11) is -0.681. The van der Waals surface area contributed by atoms with E-state index < -0.39 is 28.1 Å². The topological polar surface area (TPSA) is 0 Å². The van der Waals surface area contributed by atoms with E-state index in [1.54, 1.807) is 0 Å². The molecular weight excluding hydrogens is 245 g/mol. The normalized spacial score (nSPS) is 14.8. The molecule has 0 aliphatic heterocycles. The zero-order valence-corrected chi connectivity index (χ0v) is 7.60. The fourth-order valence-electron chi connectivity index (χ4n) is 0.322. The molecule has 0 aromatic rings. The fraction of sp³-hybridized carbons (Fsp3) is 1.00. The fourth-order valence-corrected chi connectivity index (χ4v) is 1.69. The third-order valence-electron chi connectivity index (χ3n) is 0.910. The number of hydrogen-bond acceptors (Lipinski definition) is 2. The second-order valence-corrected chi connectivity index (χ2v) is 4.35. The lowest BCUT2D eigenvalue weighted by molar-refractivity contribution is -0.329. The van der Waals surface area contributed by atoms with Gasteiger partial charge in [0.25, 0.3) is 0 Å². The molecule has 0 heterocycles. The lowest BCUT2D eigenvalue weighted by atomic mass is 10.3. The Morgan fingerprint density at radius 3 is 1.46 bits per heavy atom. The average molecular weight is 248 g/mol. The van der Waals surface area contributed by atoms with Crippen LogP contribution in [0.15, 0.2) is 0 Å². The first-order chi connectivity index (χ1) is 5.56. The van der Waals surface area contributed by atoms with Gasteiger partial charge in [0, 0.05) is 0 Å². The summed E-state index contributed by atoms with van der Waals surface area (Å²) in [6.07, 6.45) is -5.26. The maximum Gasteiger partial charge on any atom is 0.460 e. The summed E-state index contributed by atoms with van der Waals surface area (Å²) in [5.74, 6) is -6.01. The van der Waals surface area contributed by atoms with E-state index in [2.05, 4.69) is 0 Å². The standard InChI is InChI=1S/C4H3F7S2/c1-12-13-4(10,11)2(5,6)3(7,8)9/h1H3. The van der Waals surface area contributed by atoms with Crippen molar-refractivity contribution in [2.45, 2.75) is 17.4 Å². The molecule has 0 saturated heterocycles. The predicted octanol–water partition coefficient (Wildman–Crippen LogP) is 3.79. The molecule has 0 atom stereocenters. The van der Waals surface area contributed by atoms with Crippen LogP contribution in [-0.2, 0) is 0 Å². The van der Waals surface area contributed by atoms with Gasteiger partial charge < -0.3 is 0 Å². The number of hydrogen-bond donors (Lipinski definition) is 0. The summed E-state index contributed by atoms with van der Waals surface area (Å²) in [5.41, 5.74) is 0. The van der Waals surface area contributed by atoms with Gasteiger partial charge in [-0.15, -0.1) is 0 Å². The molecule has 0 amide bonds. The summed E-state index contributed by atoms with van der Waals surface area (Å²) in [6.45, 7) is 0. The van der Waals surface area contributed by atoms with Crippen molar-refractivity contribution in [1.29, 1.82) is 0 Å². The number of halogens is 7. The van der Waals surface area contributed by atoms with Gasteiger partial charge in [-0.1, -0.05) is 10.8 Å². The van der Waals surface area contributed by atoms with E-state index in [1.165, 1.54) is 0 Å². The second kappa shape index (κ2) is 3.76. The molecule has 0 bridgehead atoms. The van der Waals surface area contributed by atoms with Crippen molar-refractivity contribution in [3.63, 3.8) is 0 Å². The summed E-state index contributed by atoms with van der Waals surface area (Å²) in [5, 5.41) is -5.15. The van der Waals surface area contributed by atoms with E-state index >= 15 is 0 Å². The Hall–Kier alpha value is 0.210. The van der Waals surface area contributed by atoms with Crippen LogP contribution in [0.2, 0.25) is 0 Å². The molecular formula is C4H3F7S2. The van der Waals surface area contributed by atoms with Gasteiger partial charge in [-0.2, -0.15) is 30.7 Å². The van der Waals surface area contributed by atoms with E-state index in [9.17, 15) is 30.7 Å². The predicted molar refractivity (Wildman–Crippen MR) is 37.1 cm³/mol. The van der Waals surface area contributed by atoms with Crippen LogP contribution in [0.25, 0.3) is 0 Å². The summed E-state index contributed by atoms with van der Waals surface area (Å²) in [4.78, 5) is 0. The number of rotatable bonds is 3. The molecule has 0 aliphatic carbocycles. The van der Waals surface area contributed by atoms with E-state index in [-0.39, 0.29) is 10.8 Å². The van der Waals surface area contributed by atoms with Gasteiger partial charge in [0.15, 0.2) is 0 Å². The van der Waals surface area contributed by atoms with Crippen molar-refractivity contribution in [2.24, 2.45) is 0 Å². The largest absolute Gasteiger partial charge is 0.460 e. The first kappa shape index (κ1) is 13.2. The van der Waals surface area contributed by atoms with Gasteiger partial charge in [-0.25, -0.2) is 0 Å². The Morgan fingerprint density at radius 1 is 0.846 bits per heavy atom. The van der Waals surface area contributed by atoms with Crippen LogP contribution in [0, 0.1) is 0 Å². The minimum Gasteiger partial charge on any atom is -0.188 e. The SMILES string of the molecule is CSSC(F)(F)C(F)(F)C(F)(F)F. The molecule has 0 rings (SSSR count). The molecule has 0 fully saturated rings. The van der Waals surface area contributed by atoms with Crippen molar-refractivity contribution < 1.29 is 30.7 Å². The molecule has 0 spiro atoms. The molecule has 9 heteroatoms. The van der Waals surface area contributed by atoms with Crippen LogP contribution in [0.3, 0.4) is 0 Å². The van der Waals surface area contributed by atoms with Gasteiger partial charge in [0.1, 0.15) is 0 Å². The summed E-state index contributed by atoms with van der Waals surface area (Å²) in [6, 6.07) is 0. The van der Waals surface area contributed by atoms with Crippen LogP contribution in [-0.4, -0.2) is 23.6 Å². The Kier molecular flexibility index (Phi) is 3.82. The van der Waals surface area contributed by atoms with Gasteiger partial charge >= 0.3 is 17.4 Å². The maximum atomic E-state index is 12.2. The lowest BCUT2D eigenvalue weighted by Gasteiger charge is -2.26. The van der Waals surface area contributed by atoms with Gasteiger partial charge in [-0.05, 0) is 17.0 Å². The molecule has 0 aromatic carbocycles. The smallest absolute Gasteiger partial charge is 0.188 e. The monoisotopic (exact) mass is 248 g/mol. The Morgan fingerprint density at radius 2 is 1.23 bits per heavy atom. The molecule has 0 saturated carbocycles. The first-order valence-corrected chi connectivity index (χ1v) is 5.16. The van der Waals surface area contributed by atoms with Gasteiger partial charge in [0.05, 0.1) is 0 Å². The van der Waals surface area contributed by atoms with Crippen LogP contribution >= 0.6 is 21.6 Å². The lowest BCUT2D eigenvalue weighted by Crippen LogP contribution is -2.49. The van der Waals surface area contributed by atoms with Crippen molar-refractivity contribution in [2.75, 3.05) is 6.26 Å². The molecule has 0 unspecified atom stereocenters. The van der Waals surface area contributed by atoms with E-state index in [4.69, 9.17) is 0 Å². The molecule has 0 nitrogen and oxygen atoms in total. The highest BCUT2D eigenvalue weighted by Crippen LogP contribution is 2.54. The molecule has 0 radical (unpaired) electrons. The quantitative estimate of drug-likeness (QED) is 0.550. The summed E-state index contributed by atoms with van der Waals surface area (Å²) < 4.78 is 82.5. The van der Waals surface area contributed by atoms with Crippen LogP contribution in [0.1, 0.15) is 0 Å². The molecule has 0 aromatic heterocycles. The van der Waals surface area contributed by atoms with Crippen LogP contribution < -0.4 is 0 Å². The maximum absolute atomic E-state index is 12.2. The van der Waals surface area contributed by atoms with Gasteiger partial charge in [0.2, 0.25) is 0 Å². The third-order valence-corrected chi connectivity index (χ3v) is 2.67. The van der Waals surface area contributed by atoms with E-state index in [1.807, 2.05) is 0 Å².